The molecule has 0 amide bonds. The predicted octanol–water partition coefficient (Wildman–Crippen LogP) is 4.77. The van der Waals surface area contributed by atoms with E-state index in [2.05, 4.69) is 31.2 Å². The lowest BCUT2D eigenvalue weighted by molar-refractivity contribution is 1.19. The van der Waals surface area contributed by atoms with E-state index in [0.29, 0.717) is 0 Å². The summed E-state index contributed by atoms with van der Waals surface area (Å²) in [4.78, 5) is 1.41. The molecule has 14 heavy (non-hydrogen) atoms. The van der Waals surface area contributed by atoms with Crippen LogP contribution in [0.2, 0.25) is 0 Å². The normalized spacial score (nSPS) is 10.4. The summed E-state index contributed by atoms with van der Waals surface area (Å²) in [6.45, 7) is 2.18. The topological polar surface area (TPSA) is 0 Å². The Morgan fingerprint density at radius 2 is 1.86 bits per heavy atom. The fraction of sp³-hybridized carbons (Fsp3) is 0.182. The number of hydrogen-bond acceptors (Lipinski definition) is 3. The zero-order valence-electron chi connectivity index (χ0n) is 7.82. The van der Waals surface area contributed by atoms with Crippen molar-refractivity contribution in [2.24, 2.45) is 0 Å². The molecule has 0 saturated heterocycles. The summed E-state index contributed by atoms with van der Waals surface area (Å²) >= 11 is 5.35. The Bertz CT molecular complexity index is 465. The van der Waals surface area contributed by atoms with Gasteiger partial charge in [-0.1, -0.05) is 70.2 Å². The van der Waals surface area contributed by atoms with Gasteiger partial charge in [-0.15, -0.1) is 0 Å². The van der Waals surface area contributed by atoms with Crippen LogP contribution in [0.3, 0.4) is 0 Å². The zero-order valence-corrected chi connectivity index (χ0v) is 10.3. The summed E-state index contributed by atoms with van der Waals surface area (Å²) in [5.41, 5.74) is 2.53. The molecule has 2 rings (SSSR count). The number of rotatable bonds is 2. The lowest BCUT2D eigenvalue weighted by Crippen LogP contribution is -1.80. The molecule has 0 aliphatic rings. The molecule has 0 saturated carbocycles. The van der Waals surface area contributed by atoms with Crippen molar-refractivity contribution < 1.29 is 0 Å². The molecule has 0 fully saturated rings. The molecule has 0 bridgehead atoms. The van der Waals surface area contributed by atoms with Crippen LogP contribution in [-0.2, 0) is 6.42 Å². The molecule has 0 aliphatic carbocycles. The molecule has 0 N–H and O–H groups in total. The van der Waals surface area contributed by atoms with Gasteiger partial charge in [-0.3, -0.25) is 0 Å². The van der Waals surface area contributed by atoms with Crippen molar-refractivity contribution in [3.63, 3.8) is 0 Å². The van der Waals surface area contributed by atoms with Gasteiger partial charge < -0.3 is 0 Å². The van der Waals surface area contributed by atoms with Crippen molar-refractivity contribution >= 4 is 32.9 Å². The van der Waals surface area contributed by atoms with E-state index < -0.39 is 0 Å². The standard InChI is InChI=1S/C11H10S3/c1-2-9-10(11(12)14-13-9)8-6-4-3-5-7-8/h3-7H,2H2,1H3. The van der Waals surface area contributed by atoms with Gasteiger partial charge in [0.2, 0.25) is 0 Å². The molecule has 1 heterocycles. The van der Waals surface area contributed by atoms with Gasteiger partial charge in [0.1, 0.15) is 3.82 Å². The third-order valence-electron chi connectivity index (χ3n) is 2.08. The second kappa shape index (κ2) is 4.34. The van der Waals surface area contributed by atoms with Crippen LogP contribution in [0, 0.1) is 3.82 Å². The Morgan fingerprint density at radius 3 is 2.50 bits per heavy atom. The molecule has 1 aromatic carbocycles. The van der Waals surface area contributed by atoms with Crippen molar-refractivity contribution in [2.75, 3.05) is 0 Å². The number of benzene rings is 1. The quantitative estimate of drug-likeness (QED) is 0.536. The Morgan fingerprint density at radius 1 is 1.14 bits per heavy atom. The van der Waals surface area contributed by atoms with Crippen LogP contribution in [0.4, 0.5) is 0 Å². The average Bonchev–Trinajstić information content (AvgIpc) is 2.61. The predicted molar refractivity (Wildman–Crippen MR) is 67.8 cm³/mol. The fourth-order valence-electron chi connectivity index (χ4n) is 1.40. The van der Waals surface area contributed by atoms with E-state index in [9.17, 15) is 0 Å². The van der Waals surface area contributed by atoms with Gasteiger partial charge in [-0.05, 0) is 12.0 Å². The van der Waals surface area contributed by atoms with Crippen LogP contribution in [0.25, 0.3) is 11.1 Å². The molecule has 0 atom stereocenters. The van der Waals surface area contributed by atoms with Crippen LogP contribution in [0.1, 0.15) is 11.8 Å². The second-order valence-electron chi connectivity index (χ2n) is 2.97. The Labute approximate surface area is 96.2 Å². The van der Waals surface area contributed by atoms with E-state index in [4.69, 9.17) is 12.2 Å². The largest absolute Gasteiger partial charge is 0.109 e. The minimum Gasteiger partial charge on any atom is -0.0830 e. The minimum absolute atomic E-state index is 1.03. The average molecular weight is 238 g/mol. The first-order valence-corrected chi connectivity index (χ1v) is 7.06. The highest BCUT2D eigenvalue weighted by Gasteiger charge is 2.07. The smallest absolute Gasteiger partial charge is 0.0830 e. The van der Waals surface area contributed by atoms with Crippen molar-refractivity contribution in [1.29, 1.82) is 0 Å². The third kappa shape index (κ3) is 1.80. The van der Waals surface area contributed by atoms with E-state index in [1.807, 2.05) is 16.4 Å². The fourth-order valence-corrected chi connectivity index (χ4v) is 4.39. The lowest BCUT2D eigenvalue weighted by Gasteiger charge is -1.99. The molecule has 0 aliphatic heterocycles. The number of hydrogen-bond donors (Lipinski definition) is 0. The van der Waals surface area contributed by atoms with E-state index in [0.717, 1.165) is 10.2 Å². The summed E-state index contributed by atoms with van der Waals surface area (Å²) < 4.78 is 1.03. The van der Waals surface area contributed by atoms with Crippen molar-refractivity contribution in [2.45, 2.75) is 13.3 Å². The first-order valence-electron chi connectivity index (χ1n) is 4.50. The Kier molecular flexibility index (Phi) is 3.11. The summed E-state index contributed by atoms with van der Waals surface area (Å²) in [6, 6.07) is 10.4. The molecular weight excluding hydrogens is 228 g/mol. The van der Waals surface area contributed by atoms with E-state index in [1.54, 1.807) is 10.3 Å². The highest BCUT2D eigenvalue weighted by Crippen LogP contribution is 2.33. The van der Waals surface area contributed by atoms with Crippen LogP contribution < -0.4 is 0 Å². The Hall–Kier alpha value is -0.510. The first kappa shape index (κ1) is 10.0. The highest BCUT2D eigenvalue weighted by atomic mass is 32.9. The molecule has 0 spiro atoms. The first-order chi connectivity index (χ1) is 6.83. The third-order valence-corrected chi connectivity index (χ3v) is 5.34. The van der Waals surface area contributed by atoms with Crippen LogP contribution in [-0.4, -0.2) is 0 Å². The van der Waals surface area contributed by atoms with Crippen LogP contribution in [0.5, 0.6) is 0 Å². The molecule has 1 aromatic heterocycles. The van der Waals surface area contributed by atoms with E-state index >= 15 is 0 Å². The summed E-state index contributed by atoms with van der Waals surface area (Å²) in [7, 11) is 3.52. The van der Waals surface area contributed by atoms with Crippen molar-refractivity contribution in [3.05, 3.63) is 39.0 Å². The maximum Gasteiger partial charge on any atom is 0.109 e. The lowest BCUT2D eigenvalue weighted by atomic mass is 10.1. The van der Waals surface area contributed by atoms with E-state index in [1.165, 1.54) is 16.0 Å². The monoisotopic (exact) mass is 238 g/mol. The maximum atomic E-state index is 5.35. The molecule has 0 radical (unpaired) electrons. The summed E-state index contributed by atoms with van der Waals surface area (Å²) in [5, 5.41) is 0. The van der Waals surface area contributed by atoms with Gasteiger partial charge in [-0.25, -0.2) is 0 Å². The summed E-state index contributed by atoms with van der Waals surface area (Å²) in [5.74, 6) is 0. The van der Waals surface area contributed by atoms with E-state index in [-0.39, 0.29) is 0 Å². The molecular formula is C11H10S3. The second-order valence-corrected chi connectivity index (χ2v) is 5.87. The van der Waals surface area contributed by atoms with Gasteiger partial charge in [0, 0.05) is 10.4 Å². The summed E-state index contributed by atoms with van der Waals surface area (Å²) in [6.07, 6.45) is 1.07. The van der Waals surface area contributed by atoms with Gasteiger partial charge >= 0.3 is 0 Å². The van der Waals surface area contributed by atoms with Crippen molar-refractivity contribution in [3.8, 4) is 11.1 Å². The molecule has 3 heteroatoms. The van der Waals surface area contributed by atoms with Gasteiger partial charge in [0.05, 0.1) is 0 Å². The number of aryl methyl sites for hydroxylation is 1. The molecule has 2 aromatic rings. The van der Waals surface area contributed by atoms with Gasteiger partial charge in [0.15, 0.2) is 0 Å². The molecule has 0 nitrogen and oxygen atoms in total. The SMILES string of the molecule is CCc1ssc(=S)c1-c1ccccc1. The maximum absolute atomic E-state index is 5.35. The highest BCUT2D eigenvalue weighted by molar-refractivity contribution is 7.79. The van der Waals surface area contributed by atoms with Gasteiger partial charge in [-0.2, -0.15) is 0 Å². The zero-order chi connectivity index (χ0) is 9.97. The van der Waals surface area contributed by atoms with Gasteiger partial charge in [0.25, 0.3) is 0 Å². The van der Waals surface area contributed by atoms with Crippen molar-refractivity contribution in [1.82, 2.24) is 0 Å². The van der Waals surface area contributed by atoms with Crippen LogP contribution in [0.15, 0.2) is 30.3 Å². The molecule has 72 valence electrons. The molecule has 0 unspecified atom stereocenters. The minimum atomic E-state index is 1.03. The Balaban J connectivity index is 2.61. The van der Waals surface area contributed by atoms with Crippen LogP contribution >= 0.6 is 32.9 Å².